The quantitative estimate of drug-likeness (QED) is 0.708. The van der Waals surface area contributed by atoms with E-state index in [-0.39, 0.29) is 0 Å². The summed E-state index contributed by atoms with van der Waals surface area (Å²) in [5, 5.41) is 3.75. The molecule has 102 valence electrons. The maximum absolute atomic E-state index is 3.75. The molecular formula is C17H29N. The molecule has 1 aromatic carbocycles. The van der Waals surface area contributed by atoms with Crippen molar-refractivity contribution < 1.29 is 0 Å². The van der Waals surface area contributed by atoms with Crippen molar-refractivity contribution in [2.75, 3.05) is 6.54 Å². The minimum Gasteiger partial charge on any atom is -0.313 e. The zero-order chi connectivity index (χ0) is 13.4. The molecule has 0 radical (unpaired) electrons. The molecule has 1 rings (SSSR count). The van der Waals surface area contributed by atoms with Gasteiger partial charge in [-0.05, 0) is 30.9 Å². The summed E-state index contributed by atoms with van der Waals surface area (Å²) in [6.07, 6.45) is 3.72. The van der Waals surface area contributed by atoms with Crippen molar-refractivity contribution in [1.29, 1.82) is 0 Å². The Labute approximate surface area is 113 Å². The van der Waals surface area contributed by atoms with E-state index in [9.17, 15) is 0 Å². The van der Waals surface area contributed by atoms with Crippen LogP contribution in [0.2, 0.25) is 0 Å². The largest absolute Gasteiger partial charge is 0.313 e. The van der Waals surface area contributed by atoms with Gasteiger partial charge in [0.25, 0.3) is 0 Å². The molecule has 1 N–H and O–H groups in total. The fourth-order valence-corrected chi connectivity index (χ4v) is 2.81. The molecular weight excluding hydrogens is 218 g/mol. The minimum absolute atomic E-state index is 0.609. The van der Waals surface area contributed by atoms with Crippen molar-refractivity contribution in [3.05, 3.63) is 35.9 Å². The highest BCUT2D eigenvalue weighted by Crippen LogP contribution is 2.30. The van der Waals surface area contributed by atoms with Gasteiger partial charge in [0, 0.05) is 12.0 Å². The van der Waals surface area contributed by atoms with Crippen LogP contribution in [0.5, 0.6) is 0 Å². The van der Waals surface area contributed by atoms with Crippen LogP contribution >= 0.6 is 0 Å². The fraction of sp³-hybridized carbons (Fsp3) is 0.647. The molecule has 0 saturated heterocycles. The molecule has 1 nitrogen and oxygen atoms in total. The van der Waals surface area contributed by atoms with E-state index in [1.54, 1.807) is 0 Å². The smallest absolute Gasteiger partial charge is 0.0138 e. The molecule has 1 aromatic rings. The second-order valence-electron chi connectivity index (χ2n) is 5.53. The Hall–Kier alpha value is -0.820. The highest BCUT2D eigenvalue weighted by atomic mass is 14.9. The van der Waals surface area contributed by atoms with Crippen LogP contribution in [-0.4, -0.2) is 12.6 Å². The van der Waals surface area contributed by atoms with Crippen molar-refractivity contribution in [1.82, 2.24) is 5.32 Å². The maximum atomic E-state index is 3.75. The number of rotatable bonds is 8. The fourth-order valence-electron chi connectivity index (χ4n) is 2.81. The van der Waals surface area contributed by atoms with Crippen molar-refractivity contribution in [3.63, 3.8) is 0 Å². The molecule has 0 aromatic heterocycles. The predicted molar refractivity (Wildman–Crippen MR) is 81.0 cm³/mol. The van der Waals surface area contributed by atoms with Gasteiger partial charge in [0.2, 0.25) is 0 Å². The average molecular weight is 247 g/mol. The number of hydrogen-bond donors (Lipinski definition) is 1. The van der Waals surface area contributed by atoms with Gasteiger partial charge < -0.3 is 5.32 Å². The van der Waals surface area contributed by atoms with E-state index >= 15 is 0 Å². The Balaban J connectivity index is 2.86. The van der Waals surface area contributed by atoms with E-state index < -0.39 is 0 Å². The van der Waals surface area contributed by atoms with Gasteiger partial charge in [-0.1, -0.05) is 64.4 Å². The molecule has 0 fully saturated rings. The maximum Gasteiger partial charge on any atom is 0.0138 e. The van der Waals surface area contributed by atoms with Crippen LogP contribution in [0.3, 0.4) is 0 Å². The van der Waals surface area contributed by atoms with Crippen LogP contribution in [0.25, 0.3) is 0 Å². The van der Waals surface area contributed by atoms with E-state index in [1.807, 2.05) is 0 Å². The van der Waals surface area contributed by atoms with Crippen LogP contribution in [0, 0.1) is 5.92 Å². The van der Waals surface area contributed by atoms with Crippen molar-refractivity contribution in [2.24, 2.45) is 5.92 Å². The van der Waals surface area contributed by atoms with E-state index in [4.69, 9.17) is 0 Å². The first-order valence-electron chi connectivity index (χ1n) is 7.49. The standard InChI is InChI=1S/C17H29N/c1-5-10-16(18-13-6-2)17(14(3)4)15-11-8-7-9-12-15/h7-9,11-12,14,16-18H,5-6,10,13H2,1-4H3. The lowest BCUT2D eigenvalue weighted by atomic mass is 9.80. The zero-order valence-electron chi connectivity index (χ0n) is 12.4. The van der Waals surface area contributed by atoms with Crippen molar-refractivity contribution in [3.8, 4) is 0 Å². The van der Waals surface area contributed by atoms with Gasteiger partial charge in [0.15, 0.2) is 0 Å². The van der Waals surface area contributed by atoms with E-state index in [0.717, 1.165) is 6.54 Å². The summed E-state index contributed by atoms with van der Waals surface area (Å²) < 4.78 is 0. The van der Waals surface area contributed by atoms with E-state index in [2.05, 4.69) is 63.3 Å². The molecule has 0 amide bonds. The number of benzene rings is 1. The Morgan fingerprint density at radius 3 is 2.17 bits per heavy atom. The summed E-state index contributed by atoms with van der Waals surface area (Å²) in [6.45, 7) is 10.3. The van der Waals surface area contributed by atoms with Gasteiger partial charge in [-0.25, -0.2) is 0 Å². The summed E-state index contributed by atoms with van der Waals surface area (Å²) in [5.74, 6) is 1.30. The van der Waals surface area contributed by atoms with Crippen LogP contribution in [0.4, 0.5) is 0 Å². The monoisotopic (exact) mass is 247 g/mol. The number of nitrogens with one attached hydrogen (secondary N) is 1. The van der Waals surface area contributed by atoms with Crippen LogP contribution in [0.15, 0.2) is 30.3 Å². The highest BCUT2D eigenvalue weighted by molar-refractivity contribution is 5.22. The van der Waals surface area contributed by atoms with Gasteiger partial charge in [-0.2, -0.15) is 0 Å². The molecule has 1 heteroatoms. The molecule has 0 aliphatic rings. The molecule has 0 saturated carbocycles. The lowest BCUT2D eigenvalue weighted by Gasteiger charge is -2.31. The predicted octanol–water partition coefficient (Wildman–Crippen LogP) is 4.59. The van der Waals surface area contributed by atoms with Gasteiger partial charge in [0.1, 0.15) is 0 Å². The molecule has 0 aliphatic carbocycles. The molecule has 0 heterocycles. The van der Waals surface area contributed by atoms with Crippen LogP contribution in [-0.2, 0) is 0 Å². The first-order valence-corrected chi connectivity index (χ1v) is 7.49. The van der Waals surface area contributed by atoms with Gasteiger partial charge in [-0.15, -0.1) is 0 Å². The summed E-state index contributed by atoms with van der Waals surface area (Å²) in [5.41, 5.74) is 1.48. The lowest BCUT2D eigenvalue weighted by Crippen LogP contribution is -2.37. The first kappa shape index (κ1) is 15.2. The second kappa shape index (κ2) is 8.31. The molecule has 18 heavy (non-hydrogen) atoms. The third kappa shape index (κ3) is 4.45. The minimum atomic E-state index is 0.609. The highest BCUT2D eigenvalue weighted by Gasteiger charge is 2.24. The Kier molecular flexibility index (Phi) is 7.04. The summed E-state index contributed by atoms with van der Waals surface area (Å²) in [4.78, 5) is 0. The third-order valence-electron chi connectivity index (χ3n) is 3.59. The number of hydrogen-bond acceptors (Lipinski definition) is 1. The molecule has 0 aliphatic heterocycles. The van der Waals surface area contributed by atoms with Crippen molar-refractivity contribution >= 4 is 0 Å². The third-order valence-corrected chi connectivity index (χ3v) is 3.59. The normalized spacial score (nSPS) is 14.7. The molecule has 0 bridgehead atoms. The van der Waals surface area contributed by atoms with E-state index in [0.29, 0.717) is 17.9 Å². The van der Waals surface area contributed by atoms with Crippen molar-refractivity contribution in [2.45, 2.75) is 58.9 Å². The summed E-state index contributed by atoms with van der Waals surface area (Å²) >= 11 is 0. The Bertz CT molecular complexity index is 305. The molecule has 2 atom stereocenters. The lowest BCUT2D eigenvalue weighted by molar-refractivity contribution is 0.339. The van der Waals surface area contributed by atoms with Gasteiger partial charge in [0.05, 0.1) is 0 Å². The Morgan fingerprint density at radius 1 is 1.00 bits per heavy atom. The average Bonchev–Trinajstić information content (AvgIpc) is 2.37. The summed E-state index contributed by atoms with van der Waals surface area (Å²) in [7, 11) is 0. The first-order chi connectivity index (χ1) is 8.70. The van der Waals surface area contributed by atoms with E-state index in [1.165, 1.54) is 24.8 Å². The SMILES string of the molecule is CCCNC(CCC)C(c1ccccc1)C(C)C. The molecule has 0 spiro atoms. The zero-order valence-corrected chi connectivity index (χ0v) is 12.4. The molecule has 2 unspecified atom stereocenters. The van der Waals surface area contributed by atoms with Gasteiger partial charge >= 0.3 is 0 Å². The Morgan fingerprint density at radius 2 is 1.67 bits per heavy atom. The summed E-state index contributed by atoms with van der Waals surface area (Å²) in [6, 6.07) is 11.6. The topological polar surface area (TPSA) is 12.0 Å². The van der Waals surface area contributed by atoms with Crippen LogP contribution < -0.4 is 5.32 Å². The van der Waals surface area contributed by atoms with Gasteiger partial charge in [-0.3, -0.25) is 0 Å². The van der Waals surface area contributed by atoms with Crippen LogP contribution in [0.1, 0.15) is 58.4 Å². The second-order valence-corrected chi connectivity index (χ2v) is 5.53.